The first-order valence-corrected chi connectivity index (χ1v) is 7.09. The van der Waals surface area contributed by atoms with Crippen molar-refractivity contribution in [1.82, 2.24) is 9.97 Å². The molecule has 0 unspecified atom stereocenters. The van der Waals surface area contributed by atoms with Crippen molar-refractivity contribution in [2.45, 2.75) is 0 Å². The first-order valence-electron chi connectivity index (χ1n) is 7.09. The number of nitrogens with zero attached hydrogens (tertiary/aromatic N) is 3. The van der Waals surface area contributed by atoms with E-state index in [1.807, 2.05) is 6.07 Å². The van der Waals surface area contributed by atoms with Crippen LogP contribution in [-0.2, 0) is 0 Å². The molecule has 0 aliphatic heterocycles. The second-order valence-electron chi connectivity index (χ2n) is 5.07. The van der Waals surface area contributed by atoms with Gasteiger partial charge in [0, 0.05) is 17.7 Å². The molecular weight excluding hydrogens is 324 g/mol. The van der Waals surface area contributed by atoms with Crippen molar-refractivity contribution in [3.8, 4) is 6.07 Å². The number of nitriles is 1. The van der Waals surface area contributed by atoms with E-state index in [-0.39, 0.29) is 22.6 Å². The molecular formula is C17H10N4O4. The van der Waals surface area contributed by atoms with Crippen LogP contribution in [0, 0.1) is 21.4 Å². The molecule has 0 saturated carbocycles. The molecule has 8 nitrogen and oxygen atoms in total. The molecule has 3 aromatic rings. The van der Waals surface area contributed by atoms with E-state index in [9.17, 15) is 25.3 Å². The summed E-state index contributed by atoms with van der Waals surface area (Å²) in [5.74, 6) is -0.516. The Hall–Kier alpha value is -3.99. The maximum Gasteiger partial charge on any atom is 0.269 e. The first kappa shape index (κ1) is 15.9. The minimum atomic E-state index is -0.571. The normalized spacial score (nSPS) is 11.6. The van der Waals surface area contributed by atoms with Crippen LogP contribution in [0.5, 0.6) is 0 Å². The van der Waals surface area contributed by atoms with Gasteiger partial charge in [0.25, 0.3) is 11.2 Å². The fourth-order valence-corrected chi connectivity index (χ4v) is 2.31. The third-order valence-corrected chi connectivity index (χ3v) is 3.55. The molecule has 2 aromatic carbocycles. The summed E-state index contributed by atoms with van der Waals surface area (Å²) in [7, 11) is 0. The number of rotatable bonds is 3. The first-order chi connectivity index (χ1) is 12.0. The maximum atomic E-state index is 12.1. The minimum absolute atomic E-state index is 0.0814. The van der Waals surface area contributed by atoms with Crippen LogP contribution in [-0.4, -0.2) is 20.0 Å². The Kier molecular flexibility index (Phi) is 3.97. The molecule has 0 fully saturated rings. The number of nitro groups is 1. The van der Waals surface area contributed by atoms with Crippen LogP contribution in [0.1, 0.15) is 11.4 Å². The Balaban J connectivity index is 2.15. The average Bonchev–Trinajstić information content (AvgIpc) is 2.62. The summed E-state index contributed by atoms with van der Waals surface area (Å²) < 4.78 is 0. The number of nitrogens with one attached hydrogen (secondary N) is 1. The van der Waals surface area contributed by atoms with Gasteiger partial charge in [-0.15, -0.1) is 0 Å². The summed E-state index contributed by atoms with van der Waals surface area (Å²) in [5, 5.41) is 30.8. The van der Waals surface area contributed by atoms with Gasteiger partial charge in [-0.2, -0.15) is 5.26 Å². The number of non-ortho nitro benzene ring substituents is 1. The van der Waals surface area contributed by atoms with Crippen molar-refractivity contribution in [2.75, 3.05) is 0 Å². The van der Waals surface area contributed by atoms with Crippen LogP contribution in [0.4, 0.5) is 5.69 Å². The fraction of sp³-hybridized carbons (Fsp3) is 0. The highest BCUT2D eigenvalue weighted by molar-refractivity contribution is 5.93. The number of aliphatic hydroxyl groups excluding tert-OH is 1. The van der Waals surface area contributed by atoms with E-state index in [0.29, 0.717) is 10.9 Å². The molecule has 8 heteroatoms. The molecule has 0 saturated heterocycles. The van der Waals surface area contributed by atoms with E-state index in [1.54, 1.807) is 24.3 Å². The van der Waals surface area contributed by atoms with Gasteiger partial charge in [0.15, 0.2) is 5.82 Å². The molecule has 2 N–H and O–H groups in total. The Labute approximate surface area is 140 Å². The van der Waals surface area contributed by atoms with Crippen LogP contribution in [0.15, 0.2) is 53.3 Å². The Morgan fingerprint density at radius 3 is 2.52 bits per heavy atom. The van der Waals surface area contributed by atoms with Crippen LogP contribution in [0.2, 0.25) is 0 Å². The van der Waals surface area contributed by atoms with Crippen LogP contribution < -0.4 is 5.56 Å². The van der Waals surface area contributed by atoms with E-state index in [1.165, 1.54) is 24.3 Å². The number of aromatic nitrogens is 2. The Bertz CT molecular complexity index is 1110. The zero-order valence-corrected chi connectivity index (χ0v) is 12.6. The van der Waals surface area contributed by atoms with Gasteiger partial charge in [-0.1, -0.05) is 12.1 Å². The molecule has 3 rings (SSSR count). The van der Waals surface area contributed by atoms with E-state index in [4.69, 9.17) is 0 Å². The quantitative estimate of drug-likeness (QED) is 0.327. The van der Waals surface area contributed by atoms with Crippen molar-refractivity contribution in [3.05, 3.63) is 80.4 Å². The third-order valence-electron chi connectivity index (χ3n) is 3.55. The van der Waals surface area contributed by atoms with Crippen molar-refractivity contribution in [3.63, 3.8) is 0 Å². The number of nitro benzene ring substituents is 1. The molecule has 0 spiro atoms. The number of allylic oxidation sites excluding steroid dienone is 1. The van der Waals surface area contributed by atoms with Crippen LogP contribution in [0.3, 0.4) is 0 Å². The predicted octanol–water partition coefficient (Wildman–Crippen LogP) is 2.78. The van der Waals surface area contributed by atoms with Crippen molar-refractivity contribution in [1.29, 1.82) is 5.26 Å². The van der Waals surface area contributed by atoms with Crippen molar-refractivity contribution >= 4 is 27.9 Å². The van der Waals surface area contributed by atoms with Gasteiger partial charge in [0.1, 0.15) is 17.4 Å². The predicted molar refractivity (Wildman–Crippen MR) is 90.5 cm³/mol. The summed E-state index contributed by atoms with van der Waals surface area (Å²) in [6.07, 6.45) is 0. The van der Waals surface area contributed by atoms with Crippen molar-refractivity contribution in [2.24, 2.45) is 0 Å². The summed E-state index contributed by atoms with van der Waals surface area (Å²) in [4.78, 5) is 28.9. The monoisotopic (exact) mass is 334 g/mol. The van der Waals surface area contributed by atoms with Gasteiger partial charge in [0.05, 0.1) is 15.8 Å². The van der Waals surface area contributed by atoms with E-state index in [2.05, 4.69) is 9.97 Å². The summed E-state index contributed by atoms with van der Waals surface area (Å²) in [5.41, 5.74) is -0.252. The van der Waals surface area contributed by atoms with Gasteiger partial charge >= 0.3 is 0 Å². The molecule has 0 bridgehead atoms. The number of para-hydroxylation sites is 1. The Morgan fingerprint density at radius 2 is 1.88 bits per heavy atom. The zero-order valence-electron chi connectivity index (χ0n) is 12.6. The second kappa shape index (κ2) is 6.25. The number of fused-ring (bicyclic) bond motifs is 1. The summed E-state index contributed by atoms with van der Waals surface area (Å²) in [6.45, 7) is 0. The molecule has 0 aliphatic rings. The maximum absolute atomic E-state index is 12.1. The SMILES string of the molecule is N#CC(=C(O)c1ccc([N+](=O)[O-])cc1)c1nc2ccccc2c(=O)[nH]1. The van der Waals surface area contributed by atoms with Gasteiger partial charge in [0.2, 0.25) is 0 Å². The van der Waals surface area contributed by atoms with Crippen LogP contribution in [0.25, 0.3) is 22.2 Å². The van der Waals surface area contributed by atoms with Gasteiger partial charge in [-0.05, 0) is 24.3 Å². The van der Waals surface area contributed by atoms with Crippen LogP contribution >= 0.6 is 0 Å². The lowest BCUT2D eigenvalue weighted by Crippen LogP contribution is -2.11. The number of hydrogen-bond donors (Lipinski definition) is 2. The molecule has 25 heavy (non-hydrogen) atoms. The molecule has 0 amide bonds. The molecule has 0 aliphatic carbocycles. The van der Waals surface area contributed by atoms with Gasteiger partial charge in [-0.3, -0.25) is 14.9 Å². The van der Waals surface area contributed by atoms with E-state index < -0.39 is 16.2 Å². The third kappa shape index (κ3) is 2.94. The lowest BCUT2D eigenvalue weighted by atomic mass is 10.1. The van der Waals surface area contributed by atoms with Gasteiger partial charge < -0.3 is 10.1 Å². The fourth-order valence-electron chi connectivity index (χ4n) is 2.31. The number of hydrogen-bond acceptors (Lipinski definition) is 6. The average molecular weight is 334 g/mol. The largest absolute Gasteiger partial charge is 0.506 e. The molecule has 1 aromatic heterocycles. The highest BCUT2D eigenvalue weighted by Crippen LogP contribution is 2.24. The lowest BCUT2D eigenvalue weighted by Gasteiger charge is -2.05. The highest BCUT2D eigenvalue weighted by atomic mass is 16.6. The summed E-state index contributed by atoms with van der Waals surface area (Å²) >= 11 is 0. The number of aliphatic hydroxyl groups is 1. The number of aromatic amines is 1. The highest BCUT2D eigenvalue weighted by Gasteiger charge is 2.15. The van der Waals surface area contributed by atoms with E-state index >= 15 is 0 Å². The zero-order chi connectivity index (χ0) is 18.0. The summed E-state index contributed by atoms with van der Waals surface area (Å²) in [6, 6.07) is 13.4. The smallest absolute Gasteiger partial charge is 0.269 e. The number of H-pyrrole nitrogens is 1. The molecule has 1 heterocycles. The van der Waals surface area contributed by atoms with Gasteiger partial charge in [-0.25, -0.2) is 4.98 Å². The Morgan fingerprint density at radius 1 is 1.20 bits per heavy atom. The number of benzene rings is 2. The van der Waals surface area contributed by atoms with Crippen molar-refractivity contribution < 1.29 is 10.0 Å². The lowest BCUT2D eigenvalue weighted by molar-refractivity contribution is -0.384. The molecule has 122 valence electrons. The topological polar surface area (TPSA) is 133 Å². The molecule has 0 atom stereocenters. The van der Waals surface area contributed by atoms with E-state index in [0.717, 1.165) is 0 Å². The standard InChI is InChI=1S/C17H10N4O4/c18-9-13(15(22)10-5-7-11(8-6-10)21(24)25)16-19-14-4-2-1-3-12(14)17(23)20-16/h1-8,22H,(H,19,20,23). The minimum Gasteiger partial charge on any atom is -0.506 e. The molecule has 0 radical (unpaired) electrons. The second-order valence-corrected chi connectivity index (χ2v) is 5.07.